The molecule has 0 aliphatic carbocycles. The Hall–Kier alpha value is -3.12. The molecule has 4 rings (SSSR count). The summed E-state index contributed by atoms with van der Waals surface area (Å²) < 4.78 is 18.2. The molecule has 0 spiro atoms. The van der Waals surface area contributed by atoms with Crippen LogP contribution in [0, 0.1) is 0 Å². The molecule has 6 nitrogen and oxygen atoms in total. The summed E-state index contributed by atoms with van der Waals surface area (Å²) in [5, 5.41) is 4.31. The Morgan fingerprint density at radius 2 is 1.93 bits per heavy atom. The zero-order valence-corrected chi connectivity index (χ0v) is 15.0. The number of para-hydroxylation sites is 1. The van der Waals surface area contributed by atoms with E-state index in [1.807, 2.05) is 48.5 Å². The van der Waals surface area contributed by atoms with Crippen LogP contribution in [0.15, 0.2) is 65.6 Å². The van der Waals surface area contributed by atoms with E-state index < -0.39 is 0 Å². The number of aromatic nitrogens is 2. The summed E-state index contributed by atoms with van der Waals surface area (Å²) >= 11 is 0. The van der Waals surface area contributed by atoms with Crippen LogP contribution in [0.3, 0.4) is 0 Å². The molecule has 0 N–H and O–H groups in total. The van der Waals surface area contributed by atoms with E-state index >= 15 is 0 Å². The zero-order valence-electron chi connectivity index (χ0n) is 15.0. The highest BCUT2D eigenvalue weighted by atomic mass is 16.6. The maximum absolute atomic E-state index is 12.5. The van der Waals surface area contributed by atoms with Gasteiger partial charge in [-0.15, -0.1) is 0 Å². The fourth-order valence-corrected chi connectivity index (χ4v) is 3.06. The highest BCUT2D eigenvalue weighted by Crippen LogP contribution is 2.33. The van der Waals surface area contributed by atoms with E-state index in [1.165, 1.54) is 4.68 Å². The van der Waals surface area contributed by atoms with Gasteiger partial charge in [0.25, 0.3) is 5.56 Å². The highest BCUT2D eigenvalue weighted by Gasteiger charge is 2.19. The Labute approximate surface area is 156 Å². The summed E-state index contributed by atoms with van der Waals surface area (Å²) in [6.07, 6.45) is 2.54. The number of rotatable bonds is 5. The molecule has 2 heterocycles. The molecule has 0 bridgehead atoms. The van der Waals surface area contributed by atoms with Gasteiger partial charge in [0.2, 0.25) is 0 Å². The summed E-state index contributed by atoms with van der Waals surface area (Å²) in [5.74, 6) is 1.29. The van der Waals surface area contributed by atoms with Gasteiger partial charge in [0.05, 0.1) is 32.2 Å². The van der Waals surface area contributed by atoms with Crippen LogP contribution >= 0.6 is 0 Å². The van der Waals surface area contributed by atoms with Crippen LogP contribution in [0.25, 0.3) is 16.8 Å². The minimum atomic E-state index is -0.193. The van der Waals surface area contributed by atoms with E-state index in [1.54, 1.807) is 19.4 Å². The van der Waals surface area contributed by atoms with E-state index in [-0.39, 0.29) is 11.7 Å². The van der Waals surface area contributed by atoms with Gasteiger partial charge < -0.3 is 14.2 Å². The van der Waals surface area contributed by atoms with Crippen LogP contribution in [-0.2, 0) is 4.74 Å². The maximum Gasteiger partial charge on any atom is 0.272 e. The SMILES string of the molecule is COc1ccc(-c2cnn(-c3ccccc3)c(=O)c2)cc1O[C@@H]1CCOC1. The van der Waals surface area contributed by atoms with Crippen LogP contribution < -0.4 is 15.0 Å². The Bertz CT molecular complexity index is 979. The van der Waals surface area contributed by atoms with Crippen LogP contribution in [0.4, 0.5) is 0 Å². The third kappa shape index (κ3) is 3.71. The molecule has 1 aliphatic rings. The van der Waals surface area contributed by atoms with Crippen molar-refractivity contribution in [2.75, 3.05) is 20.3 Å². The molecule has 1 atom stereocenters. The second-order valence-electron chi connectivity index (χ2n) is 6.30. The number of benzene rings is 2. The number of ether oxygens (including phenoxy) is 3. The van der Waals surface area contributed by atoms with E-state index in [0.717, 1.165) is 23.2 Å². The molecule has 1 aromatic heterocycles. The Morgan fingerprint density at radius 1 is 1.07 bits per heavy atom. The average Bonchev–Trinajstić information content (AvgIpc) is 3.21. The molecule has 6 heteroatoms. The van der Waals surface area contributed by atoms with Crippen molar-refractivity contribution < 1.29 is 14.2 Å². The van der Waals surface area contributed by atoms with Crippen LogP contribution in [0.2, 0.25) is 0 Å². The zero-order chi connectivity index (χ0) is 18.6. The quantitative estimate of drug-likeness (QED) is 0.696. The molecular weight excluding hydrogens is 344 g/mol. The second-order valence-corrected chi connectivity index (χ2v) is 6.30. The Balaban J connectivity index is 1.66. The fraction of sp³-hybridized carbons (Fsp3) is 0.238. The van der Waals surface area contributed by atoms with Gasteiger partial charge in [-0.2, -0.15) is 9.78 Å². The van der Waals surface area contributed by atoms with Gasteiger partial charge in [0, 0.05) is 18.1 Å². The molecule has 1 saturated heterocycles. The summed E-state index contributed by atoms with van der Waals surface area (Å²) in [7, 11) is 1.61. The van der Waals surface area contributed by atoms with Gasteiger partial charge in [-0.25, -0.2) is 0 Å². The lowest BCUT2D eigenvalue weighted by Crippen LogP contribution is -2.20. The van der Waals surface area contributed by atoms with Crippen molar-refractivity contribution in [3.8, 4) is 28.3 Å². The highest BCUT2D eigenvalue weighted by molar-refractivity contribution is 5.66. The van der Waals surface area contributed by atoms with Gasteiger partial charge in [-0.05, 0) is 29.8 Å². The van der Waals surface area contributed by atoms with Crippen LogP contribution in [-0.4, -0.2) is 36.2 Å². The van der Waals surface area contributed by atoms with Crippen molar-refractivity contribution in [3.05, 3.63) is 71.1 Å². The van der Waals surface area contributed by atoms with Gasteiger partial charge in [0.15, 0.2) is 11.5 Å². The molecule has 0 saturated carbocycles. The summed E-state index contributed by atoms with van der Waals surface area (Å²) in [4.78, 5) is 12.5. The topological polar surface area (TPSA) is 62.6 Å². The van der Waals surface area contributed by atoms with E-state index in [9.17, 15) is 4.79 Å². The minimum Gasteiger partial charge on any atom is -0.493 e. The van der Waals surface area contributed by atoms with Gasteiger partial charge in [0.1, 0.15) is 6.10 Å². The summed E-state index contributed by atoms with van der Waals surface area (Å²) in [5.41, 5.74) is 2.10. The first-order valence-corrected chi connectivity index (χ1v) is 8.82. The van der Waals surface area contributed by atoms with E-state index in [2.05, 4.69) is 5.10 Å². The third-order valence-electron chi connectivity index (χ3n) is 4.48. The van der Waals surface area contributed by atoms with Crippen molar-refractivity contribution in [1.29, 1.82) is 0 Å². The first-order valence-electron chi connectivity index (χ1n) is 8.82. The van der Waals surface area contributed by atoms with Gasteiger partial charge in [-0.3, -0.25) is 4.79 Å². The minimum absolute atomic E-state index is 0.0124. The van der Waals surface area contributed by atoms with E-state index in [0.29, 0.717) is 24.7 Å². The smallest absolute Gasteiger partial charge is 0.272 e. The second kappa shape index (κ2) is 7.63. The number of methoxy groups -OCH3 is 1. The summed E-state index contributed by atoms with van der Waals surface area (Å²) in [6.45, 7) is 1.27. The Kier molecular flexibility index (Phi) is 4.89. The molecule has 0 radical (unpaired) electrons. The molecular formula is C21H20N2O4. The lowest BCUT2D eigenvalue weighted by atomic mass is 10.1. The number of hydrogen-bond acceptors (Lipinski definition) is 5. The van der Waals surface area contributed by atoms with Crippen molar-refractivity contribution in [2.24, 2.45) is 0 Å². The number of hydrogen-bond donors (Lipinski definition) is 0. The molecule has 27 heavy (non-hydrogen) atoms. The van der Waals surface area contributed by atoms with Crippen LogP contribution in [0.5, 0.6) is 11.5 Å². The van der Waals surface area contributed by atoms with Crippen molar-refractivity contribution in [3.63, 3.8) is 0 Å². The largest absolute Gasteiger partial charge is 0.493 e. The lowest BCUT2D eigenvalue weighted by molar-refractivity contribution is 0.138. The average molecular weight is 364 g/mol. The molecule has 2 aromatic carbocycles. The van der Waals surface area contributed by atoms with Crippen LogP contribution in [0.1, 0.15) is 6.42 Å². The monoisotopic (exact) mass is 364 g/mol. The fourth-order valence-electron chi connectivity index (χ4n) is 3.06. The predicted molar refractivity (Wildman–Crippen MR) is 102 cm³/mol. The van der Waals surface area contributed by atoms with Gasteiger partial charge in [-0.1, -0.05) is 24.3 Å². The standard InChI is InChI=1S/C21H20N2O4/c1-25-19-8-7-15(11-20(19)27-18-9-10-26-14-18)16-12-21(24)23(22-13-16)17-5-3-2-4-6-17/h2-8,11-13,18H,9-10,14H2,1H3/t18-/m1/s1. The number of nitrogens with zero attached hydrogens (tertiary/aromatic N) is 2. The summed E-state index contributed by atoms with van der Waals surface area (Å²) in [6, 6.07) is 16.5. The molecule has 138 valence electrons. The molecule has 0 unspecified atom stereocenters. The molecule has 1 aliphatic heterocycles. The first-order chi connectivity index (χ1) is 13.2. The van der Waals surface area contributed by atoms with Crippen molar-refractivity contribution >= 4 is 0 Å². The first kappa shape index (κ1) is 17.3. The molecule has 0 amide bonds. The Morgan fingerprint density at radius 3 is 2.63 bits per heavy atom. The van der Waals surface area contributed by atoms with Crippen molar-refractivity contribution in [1.82, 2.24) is 9.78 Å². The predicted octanol–water partition coefficient (Wildman–Crippen LogP) is 3.08. The van der Waals surface area contributed by atoms with Gasteiger partial charge >= 0.3 is 0 Å². The normalized spacial score (nSPS) is 16.3. The molecule has 3 aromatic rings. The third-order valence-corrected chi connectivity index (χ3v) is 4.48. The molecule has 1 fully saturated rings. The van der Waals surface area contributed by atoms with Crippen molar-refractivity contribution in [2.45, 2.75) is 12.5 Å². The maximum atomic E-state index is 12.5. The lowest BCUT2D eigenvalue weighted by Gasteiger charge is -2.16. The van der Waals surface area contributed by atoms with E-state index in [4.69, 9.17) is 14.2 Å².